The number of aromatic amines is 1. The van der Waals surface area contributed by atoms with Crippen LogP contribution in [-0.4, -0.2) is 15.0 Å². The van der Waals surface area contributed by atoms with Crippen molar-refractivity contribution >= 4 is 42.9 Å². The maximum atomic E-state index is 4.07. The molecule has 5 heteroatoms. The van der Waals surface area contributed by atoms with Crippen LogP contribution in [0.2, 0.25) is 0 Å². The van der Waals surface area contributed by atoms with E-state index in [0.717, 1.165) is 20.1 Å². The van der Waals surface area contributed by atoms with Gasteiger partial charge in [0.05, 0.1) is 22.5 Å². The van der Waals surface area contributed by atoms with Crippen LogP contribution < -0.4 is 0 Å². The molecule has 0 bridgehead atoms. The van der Waals surface area contributed by atoms with Crippen molar-refractivity contribution in [1.82, 2.24) is 15.0 Å². The Balaban J connectivity index is 2.93. The Hall–Kier alpha value is -0.420. The van der Waals surface area contributed by atoms with E-state index in [9.17, 15) is 0 Å². The van der Waals surface area contributed by atoms with Crippen molar-refractivity contribution in [2.45, 2.75) is 0 Å². The summed E-state index contributed by atoms with van der Waals surface area (Å²) in [4.78, 5) is 11.1. The number of hydrogen-bond acceptors (Lipinski definition) is 2. The number of fused-ring (bicyclic) bond motifs is 1. The number of imidazole rings is 1. The first-order valence-electron chi connectivity index (χ1n) is 2.92. The minimum atomic E-state index is 0.786. The normalized spacial score (nSPS) is 10.7. The van der Waals surface area contributed by atoms with E-state index in [0.29, 0.717) is 0 Å². The molecule has 11 heavy (non-hydrogen) atoms. The van der Waals surface area contributed by atoms with Crippen LogP contribution in [0.5, 0.6) is 0 Å². The molecule has 1 N–H and O–H groups in total. The first-order chi connectivity index (χ1) is 5.29. The number of hydrogen-bond donors (Lipinski definition) is 1. The van der Waals surface area contributed by atoms with E-state index < -0.39 is 0 Å². The summed E-state index contributed by atoms with van der Waals surface area (Å²) in [7, 11) is 0. The van der Waals surface area contributed by atoms with Crippen LogP contribution in [0.25, 0.3) is 11.0 Å². The lowest BCUT2D eigenvalue weighted by Gasteiger charge is -1.94. The Morgan fingerprint density at radius 1 is 1.27 bits per heavy atom. The Kier molecular flexibility index (Phi) is 1.69. The predicted octanol–water partition coefficient (Wildman–Crippen LogP) is 2.48. The number of rotatable bonds is 0. The van der Waals surface area contributed by atoms with Gasteiger partial charge in [0.25, 0.3) is 0 Å². The Labute approximate surface area is 79.5 Å². The van der Waals surface area contributed by atoms with Gasteiger partial charge < -0.3 is 4.98 Å². The van der Waals surface area contributed by atoms with Gasteiger partial charge in [-0.25, -0.2) is 9.97 Å². The second-order valence-corrected chi connectivity index (χ2v) is 3.57. The van der Waals surface area contributed by atoms with Gasteiger partial charge in [-0.15, -0.1) is 0 Å². The summed E-state index contributed by atoms with van der Waals surface area (Å²) in [5.41, 5.74) is 1.83. The Morgan fingerprint density at radius 3 is 2.91 bits per heavy atom. The zero-order chi connectivity index (χ0) is 7.84. The molecule has 0 atom stereocenters. The molecule has 0 amide bonds. The SMILES string of the molecule is Brc1ncc2nc[nH]c2c1Br. The average molecular weight is 277 g/mol. The van der Waals surface area contributed by atoms with Crippen LogP contribution in [0, 0.1) is 0 Å². The van der Waals surface area contributed by atoms with E-state index in [2.05, 4.69) is 46.8 Å². The van der Waals surface area contributed by atoms with E-state index in [1.807, 2.05) is 0 Å². The molecule has 0 spiro atoms. The summed E-state index contributed by atoms with van der Waals surface area (Å²) in [6.45, 7) is 0. The lowest BCUT2D eigenvalue weighted by molar-refractivity contribution is 1.28. The molecular formula is C6H3Br2N3. The quantitative estimate of drug-likeness (QED) is 0.751. The second-order valence-electron chi connectivity index (χ2n) is 2.03. The lowest BCUT2D eigenvalue weighted by atomic mass is 10.4. The number of halogens is 2. The summed E-state index contributed by atoms with van der Waals surface area (Å²) < 4.78 is 1.70. The molecule has 0 saturated carbocycles. The molecule has 0 aliphatic rings. The monoisotopic (exact) mass is 275 g/mol. The number of pyridine rings is 1. The van der Waals surface area contributed by atoms with Crippen LogP contribution in [-0.2, 0) is 0 Å². The van der Waals surface area contributed by atoms with E-state index >= 15 is 0 Å². The van der Waals surface area contributed by atoms with Crippen molar-refractivity contribution in [3.05, 3.63) is 21.6 Å². The molecule has 56 valence electrons. The van der Waals surface area contributed by atoms with Crippen LogP contribution in [0.15, 0.2) is 21.6 Å². The molecule has 3 nitrogen and oxygen atoms in total. The van der Waals surface area contributed by atoms with Crippen molar-refractivity contribution in [3.63, 3.8) is 0 Å². The first-order valence-corrected chi connectivity index (χ1v) is 4.50. The molecule has 0 aliphatic heterocycles. The summed E-state index contributed by atoms with van der Waals surface area (Å²) in [6.07, 6.45) is 3.35. The molecule has 0 unspecified atom stereocenters. The smallest absolute Gasteiger partial charge is 0.122 e. The van der Waals surface area contributed by atoms with Gasteiger partial charge in [-0.3, -0.25) is 0 Å². The minimum absolute atomic E-state index is 0.786. The average Bonchev–Trinajstić information content (AvgIpc) is 2.45. The fraction of sp³-hybridized carbons (Fsp3) is 0. The van der Waals surface area contributed by atoms with Gasteiger partial charge in [-0.2, -0.15) is 0 Å². The molecule has 0 fully saturated rings. The molecule has 0 radical (unpaired) electrons. The van der Waals surface area contributed by atoms with Crippen molar-refractivity contribution in [3.8, 4) is 0 Å². The minimum Gasteiger partial charge on any atom is -0.344 e. The maximum absolute atomic E-state index is 4.07. The van der Waals surface area contributed by atoms with Crippen molar-refractivity contribution in [1.29, 1.82) is 0 Å². The number of nitrogens with zero attached hydrogens (tertiary/aromatic N) is 2. The molecule has 2 rings (SSSR count). The molecule has 2 heterocycles. The fourth-order valence-electron chi connectivity index (χ4n) is 0.856. The third-order valence-electron chi connectivity index (χ3n) is 1.37. The van der Waals surface area contributed by atoms with Gasteiger partial charge in [-0.1, -0.05) is 0 Å². The van der Waals surface area contributed by atoms with Gasteiger partial charge in [0.2, 0.25) is 0 Å². The molecular weight excluding hydrogens is 274 g/mol. The second kappa shape index (κ2) is 2.57. The first kappa shape index (κ1) is 7.24. The highest BCUT2D eigenvalue weighted by atomic mass is 79.9. The van der Waals surface area contributed by atoms with Gasteiger partial charge in [0, 0.05) is 0 Å². The van der Waals surface area contributed by atoms with E-state index in [1.165, 1.54) is 0 Å². The third-order valence-corrected chi connectivity index (χ3v) is 3.27. The fourth-order valence-corrected chi connectivity index (χ4v) is 1.58. The number of aromatic nitrogens is 3. The largest absolute Gasteiger partial charge is 0.344 e. The standard InChI is InChI=1S/C6H3Br2N3/c7-4-5-3(10-2-11-5)1-9-6(4)8/h1-2H,(H,10,11). The maximum Gasteiger partial charge on any atom is 0.122 e. The highest BCUT2D eigenvalue weighted by Crippen LogP contribution is 2.26. The highest BCUT2D eigenvalue weighted by Gasteiger charge is 2.04. The zero-order valence-corrected chi connectivity index (χ0v) is 8.48. The molecule has 0 aromatic carbocycles. The van der Waals surface area contributed by atoms with Crippen LogP contribution in [0.4, 0.5) is 0 Å². The number of H-pyrrole nitrogens is 1. The van der Waals surface area contributed by atoms with Crippen molar-refractivity contribution < 1.29 is 0 Å². The number of nitrogens with one attached hydrogen (secondary N) is 1. The highest BCUT2D eigenvalue weighted by molar-refractivity contribution is 9.13. The van der Waals surface area contributed by atoms with Gasteiger partial charge in [0.1, 0.15) is 10.1 Å². The van der Waals surface area contributed by atoms with Crippen molar-refractivity contribution in [2.75, 3.05) is 0 Å². The van der Waals surface area contributed by atoms with Crippen LogP contribution in [0.3, 0.4) is 0 Å². The summed E-state index contributed by atoms with van der Waals surface area (Å²) in [5, 5.41) is 0. The third kappa shape index (κ3) is 1.08. The molecule has 0 saturated heterocycles. The molecule has 2 aromatic rings. The Morgan fingerprint density at radius 2 is 2.09 bits per heavy atom. The molecule has 0 aliphatic carbocycles. The van der Waals surface area contributed by atoms with E-state index in [-0.39, 0.29) is 0 Å². The lowest BCUT2D eigenvalue weighted by Crippen LogP contribution is -1.78. The zero-order valence-electron chi connectivity index (χ0n) is 5.31. The van der Waals surface area contributed by atoms with E-state index in [4.69, 9.17) is 0 Å². The van der Waals surface area contributed by atoms with Gasteiger partial charge in [0.15, 0.2) is 0 Å². The van der Waals surface area contributed by atoms with Gasteiger partial charge in [-0.05, 0) is 31.9 Å². The van der Waals surface area contributed by atoms with Crippen molar-refractivity contribution in [2.24, 2.45) is 0 Å². The summed E-state index contributed by atoms with van der Waals surface area (Å²) in [6, 6.07) is 0. The summed E-state index contributed by atoms with van der Waals surface area (Å²) in [5.74, 6) is 0. The molecule has 2 aromatic heterocycles. The van der Waals surface area contributed by atoms with Crippen LogP contribution in [0.1, 0.15) is 0 Å². The van der Waals surface area contributed by atoms with Crippen LogP contribution >= 0.6 is 31.9 Å². The predicted molar refractivity (Wildman–Crippen MR) is 49.3 cm³/mol. The Bertz CT molecular complexity index is 396. The summed E-state index contributed by atoms with van der Waals surface area (Å²) >= 11 is 6.67. The van der Waals surface area contributed by atoms with E-state index in [1.54, 1.807) is 12.5 Å². The van der Waals surface area contributed by atoms with Gasteiger partial charge >= 0.3 is 0 Å². The topological polar surface area (TPSA) is 41.6 Å².